The fraction of sp³-hybridized carbons (Fsp3) is 0.767. The molecule has 3 unspecified atom stereocenters. The van der Waals surface area contributed by atoms with Crippen LogP contribution in [0.25, 0.3) is 0 Å². The van der Waals surface area contributed by atoms with E-state index in [2.05, 4.69) is 86.8 Å². The average molecular weight is 1000 g/mol. The number of ether oxygens (including phenoxy) is 1. The summed E-state index contributed by atoms with van der Waals surface area (Å²) in [4.78, 5) is 39.8. The van der Waals surface area contributed by atoms with E-state index in [1.165, 1.54) is 116 Å². The molecule has 0 spiro atoms. The van der Waals surface area contributed by atoms with Gasteiger partial charge < -0.3 is 28.5 Å². The third-order valence-electron chi connectivity index (χ3n) is 12.4. The van der Waals surface area contributed by atoms with Crippen molar-refractivity contribution in [3.8, 4) is 0 Å². The number of hydrogen-bond acceptors (Lipinski definition) is 7. The van der Waals surface area contributed by atoms with Crippen molar-refractivity contribution < 1.29 is 37.3 Å². The normalized spacial score (nSPS) is 14.3. The number of carbonyl (C=O) groups excluding carboxylic acids is 2. The highest BCUT2D eigenvalue weighted by molar-refractivity contribution is 7.45. The molecule has 406 valence electrons. The number of rotatable bonds is 51. The summed E-state index contributed by atoms with van der Waals surface area (Å²) in [6.07, 6.45) is 63.0. The number of hydrogen-bond donors (Lipinski definition) is 1. The Balaban J connectivity index is 5.39. The number of carbonyl (C=O) groups is 2. The second-order valence-electron chi connectivity index (χ2n) is 20.4. The van der Waals surface area contributed by atoms with Gasteiger partial charge in [0, 0.05) is 12.8 Å². The summed E-state index contributed by atoms with van der Waals surface area (Å²) >= 11 is 0. The van der Waals surface area contributed by atoms with Gasteiger partial charge in [0.1, 0.15) is 19.3 Å². The monoisotopic (exact) mass is 1000 g/mol. The molecule has 0 aromatic heterocycles. The van der Waals surface area contributed by atoms with Crippen molar-refractivity contribution in [2.24, 2.45) is 0 Å². The van der Waals surface area contributed by atoms with Crippen LogP contribution >= 0.6 is 7.82 Å². The van der Waals surface area contributed by atoms with Gasteiger partial charge >= 0.3 is 5.97 Å². The highest BCUT2D eigenvalue weighted by Gasteiger charge is 2.27. The Hall–Kier alpha value is -2.55. The second-order valence-corrected chi connectivity index (χ2v) is 21.8. The van der Waals surface area contributed by atoms with Crippen LogP contribution in [0.15, 0.2) is 72.9 Å². The molecule has 0 aliphatic rings. The number of allylic oxidation sites excluding steroid dienone is 11. The van der Waals surface area contributed by atoms with E-state index in [1.807, 2.05) is 33.3 Å². The average Bonchev–Trinajstić information content (AvgIpc) is 3.32. The SMILES string of the molecule is CCCCC/C=C\C/C=C\C/C=C\C/C=C\CCCCCC(=O)OC(/C=C/CCCCCCCCCCC)C(COP(=O)([O-])OCC[N+](C)(C)C)NC(=O)CCCCC/C=C\CCCCCCCCC. The number of esters is 1. The number of amides is 1. The topological polar surface area (TPSA) is 114 Å². The van der Waals surface area contributed by atoms with Gasteiger partial charge in [0.25, 0.3) is 7.82 Å². The number of quaternary nitrogens is 1. The highest BCUT2D eigenvalue weighted by Crippen LogP contribution is 2.38. The predicted molar refractivity (Wildman–Crippen MR) is 298 cm³/mol. The van der Waals surface area contributed by atoms with Gasteiger partial charge in [0.2, 0.25) is 5.91 Å². The highest BCUT2D eigenvalue weighted by atomic mass is 31.2. The lowest BCUT2D eigenvalue weighted by molar-refractivity contribution is -0.870. The molecule has 0 rings (SSSR count). The molecule has 0 aliphatic heterocycles. The molecule has 3 atom stereocenters. The molecule has 0 aromatic carbocycles. The molecule has 10 heteroatoms. The molecule has 0 saturated heterocycles. The molecule has 70 heavy (non-hydrogen) atoms. The summed E-state index contributed by atoms with van der Waals surface area (Å²) in [5.74, 6) is -0.598. The van der Waals surface area contributed by atoms with Gasteiger partial charge in [0.05, 0.1) is 33.8 Å². The van der Waals surface area contributed by atoms with E-state index in [1.54, 1.807) is 0 Å². The van der Waals surface area contributed by atoms with Crippen LogP contribution in [0.5, 0.6) is 0 Å². The van der Waals surface area contributed by atoms with Crippen molar-refractivity contribution >= 4 is 19.7 Å². The largest absolute Gasteiger partial charge is 0.756 e. The number of likely N-dealkylation sites (N-methyl/N-ethyl adjacent to an activating group) is 1. The first kappa shape index (κ1) is 67.5. The van der Waals surface area contributed by atoms with Crippen molar-refractivity contribution in [3.63, 3.8) is 0 Å². The molecular formula is C60H109N2O7P. The quantitative estimate of drug-likeness (QED) is 0.0212. The predicted octanol–water partition coefficient (Wildman–Crippen LogP) is 16.6. The van der Waals surface area contributed by atoms with Crippen LogP contribution in [0.4, 0.5) is 0 Å². The van der Waals surface area contributed by atoms with Gasteiger partial charge in [-0.3, -0.25) is 14.2 Å². The fourth-order valence-electron chi connectivity index (χ4n) is 7.85. The van der Waals surface area contributed by atoms with Gasteiger partial charge in [-0.2, -0.15) is 0 Å². The third-order valence-corrected chi connectivity index (χ3v) is 13.3. The first-order valence-corrected chi connectivity index (χ1v) is 30.2. The standard InChI is InChI=1S/C60H109N2O7P/c1-7-10-13-16-19-22-25-27-29-30-31-32-33-35-38-41-44-47-50-53-60(64)69-58(51-48-45-42-39-36-24-21-18-15-12-9-3)57(56-68-70(65,66)67-55-54-62(4,5)6)61-59(63)52-49-46-43-40-37-34-28-26-23-20-17-14-11-8-2/h19,22,27,29,31-32,34-35,37-38,48,51,57-58H,7-18,20-21,23-26,28,30,33,36,39-47,49-50,52-56H2,1-6H3,(H-,61,63,65,66)/b22-19-,29-27-,32-31-,37-34-,38-35-,51-48+. The summed E-state index contributed by atoms with van der Waals surface area (Å²) in [7, 11) is 1.15. The van der Waals surface area contributed by atoms with Crippen LogP contribution in [0, 0.1) is 0 Å². The molecule has 0 fully saturated rings. The van der Waals surface area contributed by atoms with Gasteiger partial charge in [-0.25, -0.2) is 0 Å². The first-order chi connectivity index (χ1) is 33.9. The van der Waals surface area contributed by atoms with Crippen LogP contribution in [0.1, 0.15) is 245 Å². The Morgan fingerprint density at radius 3 is 1.34 bits per heavy atom. The first-order valence-electron chi connectivity index (χ1n) is 28.7. The van der Waals surface area contributed by atoms with E-state index < -0.39 is 26.6 Å². The Labute approximate surface area is 432 Å². The van der Waals surface area contributed by atoms with Crippen LogP contribution in [-0.4, -0.2) is 69.4 Å². The summed E-state index contributed by atoms with van der Waals surface area (Å²) in [6, 6.07) is -0.910. The fourth-order valence-corrected chi connectivity index (χ4v) is 8.57. The summed E-state index contributed by atoms with van der Waals surface area (Å²) in [5, 5.41) is 3.00. The smallest absolute Gasteiger partial charge is 0.306 e. The Bertz CT molecular complexity index is 1430. The molecule has 0 bridgehead atoms. The maximum Gasteiger partial charge on any atom is 0.306 e. The van der Waals surface area contributed by atoms with Gasteiger partial charge in [-0.1, -0.05) is 203 Å². The minimum Gasteiger partial charge on any atom is -0.756 e. The zero-order valence-electron chi connectivity index (χ0n) is 46.2. The summed E-state index contributed by atoms with van der Waals surface area (Å²) in [5.41, 5.74) is 0. The number of unbranched alkanes of at least 4 members (excludes halogenated alkanes) is 25. The van der Waals surface area contributed by atoms with Crippen molar-refractivity contribution in [1.82, 2.24) is 5.32 Å². The van der Waals surface area contributed by atoms with Gasteiger partial charge in [-0.15, -0.1) is 0 Å². The lowest BCUT2D eigenvalue weighted by Gasteiger charge is -2.30. The van der Waals surface area contributed by atoms with E-state index in [4.69, 9.17) is 13.8 Å². The molecule has 0 saturated carbocycles. The molecule has 1 N–H and O–H groups in total. The van der Waals surface area contributed by atoms with Crippen molar-refractivity contribution in [3.05, 3.63) is 72.9 Å². The number of phosphoric ester groups is 1. The molecule has 0 radical (unpaired) electrons. The van der Waals surface area contributed by atoms with E-state index in [-0.39, 0.29) is 31.3 Å². The zero-order chi connectivity index (χ0) is 51.5. The van der Waals surface area contributed by atoms with Crippen molar-refractivity contribution in [2.45, 2.75) is 258 Å². The molecule has 0 aromatic rings. The van der Waals surface area contributed by atoms with Crippen LogP contribution < -0.4 is 10.2 Å². The van der Waals surface area contributed by atoms with E-state index in [0.717, 1.165) is 83.5 Å². The van der Waals surface area contributed by atoms with Gasteiger partial charge in [0.15, 0.2) is 0 Å². The maximum atomic E-state index is 13.4. The van der Waals surface area contributed by atoms with Crippen molar-refractivity contribution in [1.29, 1.82) is 0 Å². The minimum atomic E-state index is -4.71. The Kier molecular flexibility index (Phi) is 48.2. The summed E-state index contributed by atoms with van der Waals surface area (Å²) < 4.78 is 30.2. The molecule has 9 nitrogen and oxygen atoms in total. The Morgan fingerprint density at radius 1 is 0.500 bits per heavy atom. The lowest BCUT2D eigenvalue weighted by atomic mass is 10.1. The second kappa shape index (κ2) is 50.0. The number of phosphoric acid groups is 1. The zero-order valence-corrected chi connectivity index (χ0v) is 47.1. The third kappa shape index (κ3) is 50.4. The summed E-state index contributed by atoms with van der Waals surface area (Å²) in [6.45, 7) is 6.76. The van der Waals surface area contributed by atoms with E-state index in [9.17, 15) is 19.0 Å². The minimum absolute atomic E-state index is 0.0327. The molecular weight excluding hydrogens is 892 g/mol. The molecule has 0 heterocycles. The Morgan fingerprint density at radius 2 is 0.871 bits per heavy atom. The lowest BCUT2D eigenvalue weighted by Crippen LogP contribution is -2.47. The van der Waals surface area contributed by atoms with Crippen molar-refractivity contribution in [2.75, 3.05) is 40.9 Å². The van der Waals surface area contributed by atoms with Gasteiger partial charge in [-0.05, 0) is 102 Å². The van der Waals surface area contributed by atoms with Crippen LogP contribution in [0.3, 0.4) is 0 Å². The molecule has 1 amide bonds. The van der Waals surface area contributed by atoms with E-state index in [0.29, 0.717) is 23.9 Å². The maximum absolute atomic E-state index is 13.4. The number of nitrogens with zero attached hydrogens (tertiary/aromatic N) is 1. The molecule has 0 aliphatic carbocycles. The number of nitrogens with one attached hydrogen (secondary N) is 1. The van der Waals surface area contributed by atoms with Crippen LogP contribution in [-0.2, 0) is 27.9 Å². The van der Waals surface area contributed by atoms with E-state index >= 15 is 0 Å². The van der Waals surface area contributed by atoms with Crippen LogP contribution in [0.2, 0.25) is 0 Å².